The third-order valence-electron chi connectivity index (χ3n) is 5.14. The molecule has 1 aromatic heterocycles. The number of nitro groups is 1. The topological polar surface area (TPSA) is 81.4 Å². The van der Waals surface area contributed by atoms with Crippen LogP contribution in [0, 0.1) is 10.1 Å². The number of halogens is 2. The van der Waals surface area contributed by atoms with Crippen LogP contribution in [0.4, 0.5) is 20.3 Å². The van der Waals surface area contributed by atoms with Crippen LogP contribution in [0.3, 0.4) is 0 Å². The Morgan fingerprint density at radius 1 is 1.00 bits per heavy atom. The fraction of sp³-hybridized carbons (Fsp3) is 0.273. The van der Waals surface area contributed by atoms with Gasteiger partial charge in [-0.2, -0.15) is 4.98 Å². The van der Waals surface area contributed by atoms with E-state index in [1.165, 1.54) is 10.5 Å². The van der Waals surface area contributed by atoms with Crippen molar-refractivity contribution in [3.8, 4) is 11.6 Å². The smallest absolute Gasteiger partial charge is 0.373 e. The van der Waals surface area contributed by atoms with Gasteiger partial charge in [-0.05, 0) is 29.7 Å². The molecule has 31 heavy (non-hydrogen) atoms. The lowest BCUT2D eigenvalue weighted by Gasteiger charge is -2.32. The maximum absolute atomic E-state index is 13.5. The maximum Gasteiger partial charge on any atom is 0.373 e. The van der Waals surface area contributed by atoms with E-state index in [0.717, 1.165) is 18.3 Å². The molecule has 0 saturated carbocycles. The molecule has 0 atom stereocenters. The first-order chi connectivity index (χ1) is 14.9. The van der Waals surface area contributed by atoms with Gasteiger partial charge in [0.05, 0.1) is 4.92 Å². The summed E-state index contributed by atoms with van der Waals surface area (Å²) in [6.45, 7) is -0.0586. The highest BCUT2D eigenvalue weighted by Crippen LogP contribution is 2.38. The van der Waals surface area contributed by atoms with Crippen LogP contribution >= 0.6 is 0 Å². The molecule has 2 aromatic carbocycles. The largest absolute Gasteiger partial charge is 0.434 e. The Kier molecular flexibility index (Phi) is 5.75. The number of rotatable bonds is 6. The Bertz CT molecular complexity index is 1050. The van der Waals surface area contributed by atoms with Gasteiger partial charge in [0.25, 0.3) is 5.92 Å². The molecule has 1 aliphatic heterocycles. The zero-order valence-corrected chi connectivity index (χ0v) is 16.6. The molecule has 7 nitrogen and oxygen atoms in total. The van der Waals surface area contributed by atoms with Gasteiger partial charge in [0.15, 0.2) is 0 Å². The molecule has 0 spiro atoms. The van der Waals surface area contributed by atoms with E-state index in [4.69, 9.17) is 4.74 Å². The molecule has 3 aromatic rings. The molecule has 4 rings (SSSR count). The van der Waals surface area contributed by atoms with Crippen molar-refractivity contribution in [3.05, 3.63) is 82.2 Å². The van der Waals surface area contributed by atoms with Crippen molar-refractivity contribution in [1.29, 1.82) is 0 Å². The van der Waals surface area contributed by atoms with Crippen LogP contribution in [-0.4, -0.2) is 33.9 Å². The first-order valence-corrected chi connectivity index (χ1v) is 9.84. The van der Waals surface area contributed by atoms with E-state index in [9.17, 15) is 18.9 Å². The monoisotopic (exact) mass is 426 g/mol. The van der Waals surface area contributed by atoms with Gasteiger partial charge in [-0.1, -0.05) is 42.5 Å². The van der Waals surface area contributed by atoms with Crippen molar-refractivity contribution in [2.75, 3.05) is 18.0 Å². The molecular weight excluding hydrogens is 406 g/mol. The van der Waals surface area contributed by atoms with Crippen molar-refractivity contribution >= 4 is 11.5 Å². The minimum atomic E-state index is -2.76. The number of aromatic nitrogens is 2. The van der Waals surface area contributed by atoms with Crippen LogP contribution in [0.15, 0.2) is 60.9 Å². The number of hydrogen-bond acceptors (Lipinski definition) is 6. The van der Waals surface area contributed by atoms with E-state index >= 15 is 0 Å². The number of benzene rings is 2. The highest BCUT2D eigenvalue weighted by Gasteiger charge is 2.37. The van der Waals surface area contributed by atoms with Gasteiger partial charge in [0, 0.05) is 25.9 Å². The summed E-state index contributed by atoms with van der Waals surface area (Å²) in [5, 5.41) is 11.7. The van der Waals surface area contributed by atoms with Crippen LogP contribution in [0.2, 0.25) is 0 Å². The first-order valence-electron chi connectivity index (χ1n) is 9.84. The molecule has 1 aliphatic rings. The van der Waals surface area contributed by atoms with E-state index in [1.807, 2.05) is 42.5 Å². The number of ether oxygens (including phenoxy) is 1. The molecule has 0 bridgehead atoms. The van der Waals surface area contributed by atoms with E-state index in [2.05, 4.69) is 9.97 Å². The van der Waals surface area contributed by atoms with Gasteiger partial charge in [-0.25, -0.2) is 13.8 Å². The molecule has 0 N–H and O–H groups in total. The summed E-state index contributed by atoms with van der Waals surface area (Å²) in [6.07, 6.45) is 1.13. The second kappa shape index (κ2) is 8.63. The molecule has 2 heterocycles. The zero-order chi connectivity index (χ0) is 21.8. The number of piperidine rings is 1. The number of alkyl halides is 2. The van der Waals surface area contributed by atoms with Gasteiger partial charge in [0.2, 0.25) is 5.82 Å². The molecule has 160 valence electrons. The molecule has 0 amide bonds. The third-order valence-corrected chi connectivity index (χ3v) is 5.14. The second-order valence-corrected chi connectivity index (χ2v) is 7.36. The Morgan fingerprint density at radius 2 is 1.65 bits per heavy atom. The van der Waals surface area contributed by atoms with E-state index in [1.54, 1.807) is 12.1 Å². The molecule has 1 saturated heterocycles. The summed E-state index contributed by atoms with van der Waals surface area (Å²) in [5.41, 5.74) is 1.80. The summed E-state index contributed by atoms with van der Waals surface area (Å²) in [7, 11) is 0. The summed E-state index contributed by atoms with van der Waals surface area (Å²) >= 11 is 0. The number of hydrogen-bond donors (Lipinski definition) is 0. The minimum absolute atomic E-state index is 0.00815. The van der Waals surface area contributed by atoms with E-state index in [-0.39, 0.29) is 37.6 Å². The van der Waals surface area contributed by atoms with Crippen molar-refractivity contribution in [2.45, 2.75) is 25.2 Å². The lowest BCUT2D eigenvalue weighted by Crippen LogP contribution is -2.40. The molecule has 9 heteroatoms. The Balaban J connectivity index is 1.54. The van der Waals surface area contributed by atoms with Crippen LogP contribution in [0.25, 0.3) is 0 Å². The van der Waals surface area contributed by atoms with Crippen molar-refractivity contribution in [1.82, 2.24) is 9.97 Å². The lowest BCUT2D eigenvalue weighted by molar-refractivity contribution is -0.385. The fourth-order valence-corrected chi connectivity index (χ4v) is 3.48. The van der Waals surface area contributed by atoms with Crippen molar-refractivity contribution in [2.24, 2.45) is 0 Å². The SMILES string of the molecule is O=[N+]([O-])c1c(Oc2ccc(Cc3ccccc3)cc2)ncnc1N1CCC(F)(F)CC1. The van der Waals surface area contributed by atoms with Gasteiger partial charge in [-0.15, -0.1) is 0 Å². The van der Waals surface area contributed by atoms with E-state index < -0.39 is 16.5 Å². The molecule has 1 fully saturated rings. The Hall–Kier alpha value is -3.62. The summed E-state index contributed by atoms with van der Waals surface area (Å²) < 4.78 is 32.6. The van der Waals surface area contributed by atoms with Gasteiger partial charge < -0.3 is 9.64 Å². The van der Waals surface area contributed by atoms with Crippen molar-refractivity contribution < 1.29 is 18.4 Å². The summed E-state index contributed by atoms with van der Waals surface area (Å²) in [4.78, 5) is 20.5. The van der Waals surface area contributed by atoms with Crippen LogP contribution in [0.1, 0.15) is 24.0 Å². The normalized spacial score (nSPS) is 15.5. The highest BCUT2D eigenvalue weighted by molar-refractivity contribution is 5.63. The highest BCUT2D eigenvalue weighted by atomic mass is 19.3. The predicted molar refractivity (Wildman–Crippen MR) is 111 cm³/mol. The quantitative estimate of drug-likeness (QED) is 0.407. The van der Waals surface area contributed by atoms with Gasteiger partial charge in [0.1, 0.15) is 12.1 Å². The zero-order valence-electron chi connectivity index (χ0n) is 16.6. The fourth-order valence-electron chi connectivity index (χ4n) is 3.48. The molecular formula is C22H20F2N4O3. The summed E-state index contributed by atoms with van der Waals surface area (Å²) in [6, 6.07) is 17.2. The first kappa shape index (κ1) is 20.6. The minimum Gasteiger partial charge on any atom is -0.434 e. The maximum atomic E-state index is 13.5. The Labute approximate surface area is 177 Å². The van der Waals surface area contributed by atoms with Crippen molar-refractivity contribution in [3.63, 3.8) is 0 Å². The number of nitrogens with zero attached hydrogens (tertiary/aromatic N) is 4. The second-order valence-electron chi connectivity index (χ2n) is 7.36. The standard InChI is InChI=1S/C22H20F2N4O3/c23-22(24)10-12-27(13-11-22)20-19(28(29)30)21(26-15-25-20)31-18-8-6-17(7-9-18)14-16-4-2-1-3-5-16/h1-9,15H,10-14H2. The predicted octanol–water partition coefficient (Wildman–Crippen LogP) is 5.00. The Morgan fingerprint density at radius 3 is 2.29 bits per heavy atom. The molecule has 0 aliphatic carbocycles. The van der Waals surface area contributed by atoms with Gasteiger partial charge in [-0.3, -0.25) is 10.1 Å². The van der Waals surface area contributed by atoms with Crippen LogP contribution in [0.5, 0.6) is 11.6 Å². The van der Waals surface area contributed by atoms with Crippen LogP contribution < -0.4 is 9.64 Å². The third kappa shape index (κ3) is 4.93. The molecule has 0 unspecified atom stereocenters. The lowest BCUT2D eigenvalue weighted by atomic mass is 10.1. The van der Waals surface area contributed by atoms with E-state index in [0.29, 0.717) is 5.75 Å². The number of anilines is 1. The van der Waals surface area contributed by atoms with Crippen LogP contribution in [-0.2, 0) is 6.42 Å². The summed E-state index contributed by atoms with van der Waals surface area (Å²) in [5.74, 6) is -2.61. The average Bonchev–Trinajstić information content (AvgIpc) is 2.75. The molecule has 0 radical (unpaired) electrons. The van der Waals surface area contributed by atoms with Gasteiger partial charge >= 0.3 is 11.6 Å². The average molecular weight is 426 g/mol.